The van der Waals surface area contributed by atoms with Crippen LogP contribution < -0.4 is 0 Å². The summed E-state index contributed by atoms with van der Waals surface area (Å²) in [6, 6.07) is 0. The van der Waals surface area contributed by atoms with Crippen LogP contribution in [0, 0.1) is 11.8 Å². The molecule has 15 heavy (non-hydrogen) atoms. The highest BCUT2D eigenvalue weighted by molar-refractivity contribution is 5.12. The van der Waals surface area contributed by atoms with E-state index >= 15 is 0 Å². The standard InChI is InChI=1S/C13H24N2/c1-7-10(3)13-9-11(4)15(8-2)14(6)12(13)5/h10,13H,4-5,7-9H2,1-3,6H3. The number of hydrogen-bond donors (Lipinski definition) is 0. The van der Waals surface area contributed by atoms with Gasteiger partial charge < -0.3 is 0 Å². The van der Waals surface area contributed by atoms with Crippen molar-refractivity contribution in [3.63, 3.8) is 0 Å². The van der Waals surface area contributed by atoms with E-state index in [-0.39, 0.29) is 0 Å². The molecule has 0 bridgehead atoms. The summed E-state index contributed by atoms with van der Waals surface area (Å²) in [6.07, 6.45) is 2.27. The Morgan fingerprint density at radius 1 is 1.40 bits per heavy atom. The third-order valence-electron chi connectivity index (χ3n) is 3.66. The third-order valence-corrected chi connectivity index (χ3v) is 3.66. The smallest absolute Gasteiger partial charge is 0.0363 e. The van der Waals surface area contributed by atoms with E-state index in [1.54, 1.807) is 0 Å². The molecule has 0 aromatic heterocycles. The molecule has 0 spiro atoms. The summed E-state index contributed by atoms with van der Waals surface area (Å²) in [5.74, 6) is 1.26. The van der Waals surface area contributed by atoms with Crippen molar-refractivity contribution >= 4 is 0 Å². The molecule has 0 N–H and O–H groups in total. The lowest BCUT2D eigenvalue weighted by Crippen LogP contribution is -2.45. The SMILES string of the molecule is C=C1C(C(C)CC)CC(=C)N(CC)N1C. The highest BCUT2D eigenvalue weighted by atomic mass is 15.6. The summed E-state index contributed by atoms with van der Waals surface area (Å²) in [7, 11) is 2.09. The van der Waals surface area contributed by atoms with E-state index in [1.807, 2.05) is 0 Å². The molecule has 1 aliphatic heterocycles. The van der Waals surface area contributed by atoms with Gasteiger partial charge in [-0.2, -0.15) is 0 Å². The summed E-state index contributed by atoms with van der Waals surface area (Å²) < 4.78 is 0. The number of nitrogens with zero attached hydrogens (tertiary/aromatic N) is 2. The van der Waals surface area contributed by atoms with Crippen molar-refractivity contribution in [2.45, 2.75) is 33.6 Å². The molecule has 2 nitrogen and oxygen atoms in total. The van der Waals surface area contributed by atoms with Gasteiger partial charge in [0, 0.05) is 30.9 Å². The van der Waals surface area contributed by atoms with Crippen LogP contribution in [-0.2, 0) is 0 Å². The van der Waals surface area contributed by atoms with Crippen LogP contribution in [0.4, 0.5) is 0 Å². The normalized spacial score (nSPS) is 24.7. The first-order chi connectivity index (χ1) is 7.02. The molecule has 0 aliphatic carbocycles. The van der Waals surface area contributed by atoms with E-state index in [1.165, 1.54) is 17.8 Å². The number of rotatable bonds is 3. The lowest BCUT2D eigenvalue weighted by molar-refractivity contribution is 0.0263. The van der Waals surface area contributed by atoms with Crippen LogP contribution in [0.25, 0.3) is 0 Å². The first-order valence-corrected chi connectivity index (χ1v) is 5.90. The molecule has 2 unspecified atom stereocenters. The fourth-order valence-electron chi connectivity index (χ4n) is 2.33. The van der Waals surface area contributed by atoms with Crippen LogP contribution >= 0.6 is 0 Å². The summed E-state index contributed by atoms with van der Waals surface area (Å²) in [5.41, 5.74) is 2.45. The van der Waals surface area contributed by atoms with Crippen molar-refractivity contribution in [1.82, 2.24) is 10.0 Å². The van der Waals surface area contributed by atoms with E-state index in [9.17, 15) is 0 Å². The lowest BCUT2D eigenvalue weighted by atomic mass is 9.84. The van der Waals surface area contributed by atoms with Gasteiger partial charge in [-0.15, -0.1) is 0 Å². The van der Waals surface area contributed by atoms with Crippen LogP contribution in [0.3, 0.4) is 0 Å². The predicted molar refractivity (Wildman–Crippen MR) is 66.0 cm³/mol. The highest BCUT2D eigenvalue weighted by Crippen LogP contribution is 2.36. The van der Waals surface area contributed by atoms with Crippen LogP contribution in [-0.4, -0.2) is 23.6 Å². The number of allylic oxidation sites excluding steroid dienone is 2. The average Bonchev–Trinajstić information content (AvgIpc) is 2.23. The molecular formula is C13H24N2. The van der Waals surface area contributed by atoms with E-state index in [4.69, 9.17) is 0 Å². The second-order valence-electron chi connectivity index (χ2n) is 4.49. The third kappa shape index (κ3) is 2.19. The summed E-state index contributed by atoms with van der Waals surface area (Å²) >= 11 is 0. The van der Waals surface area contributed by atoms with Gasteiger partial charge in [-0.05, 0) is 19.3 Å². The van der Waals surface area contributed by atoms with E-state index in [2.05, 4.69) is 51.0 Å². The van der Waals surface area contributed by atoms with Gasteiger partial charge in [0.05, 0.1) is 0 Å². The van der Waals surface area contributed by atoms with Crippen molar-refractivity contribution in [3.05, 3.63) is 24.6 Å². The largest absolute Gasteiger partial charge is 0.293 e. The zero-order valence-electron chi connectivity index (χ0n) is 10.6. The fourth-order valence-corrected chi connectivity index (χ4v) is 2.33. The van der Waals surface area contributed by atoms with Crippen molar-refractivity contribution in [3.8, 4) is 0 Å². The molecule has 0 aromatic carbocycles. The van der Waals surface area contributed by atoms with E-state index in [0.29, 0.717) is 11.8 Å². The minimum atomic E-state index is 0.565. The maximum atomic E-state index is 4.22. The van der Waals surface area contributed by atoms with E-state index < -0.39 is 0 Å². The Hall–Kier alpha value is -0.920. The highest BCUT2D eigenvalue weighted by Gasteiger charge is 2.30. The van der Waals surface area contributed by atoms with Crippen molar-refractivity contribution in [2.24, 2.45) is 11.8 Å². The van der Waals surface area contributed by atoms with Gasteiger partial charge in [0.25, 0.3) is 0 Å². The Bertz CT molecular complexity index is 257. The molecule has 1 aliphatic rings. The van der Waals surface area contributed by atoms with Gasteiger partial charge in [-0.25, -0.2) is 0 Å². The molecule has 1 fully saturated rings. The number of hydrogen-bond acceptors (Lipinski definition) is 2. The molecule has 2 heteroatoms. The molecule has 0 radical (unpaired) electrons. The average molecular weight is 208 g/mol. The van der Waals surface area contributed by atoms with Crippen LogP contribution in [0.1, 0.15) is 33.6 Å². The fraction of sp³-hybridized carbons (Fsp3) is 0.692. The second kappa shape index (κ2) is 4.73. The molecular weight excluding hydrogens is 184 g/mol. The maximum absolute atomic E-state index is 4.22. The molecule has 0 aromatic rings. The topological polar surface area (TPSA) is 6.48 Å². The number of hydrazine groups is 1. The Morgan fingerprint density at radius 3 is 2.47 bits per heavy atom. The van der Waals surface area contributed by atoms with Gasteiger partial charge in [0.1, 0.15) is 0 Å². The quantitative estimate of drug-likeness (QED) is 0.702. The van der Waals surface area contributed by atoms with Gasteiger partial charge in [-0.1, -0.05) is 33.4 Å². The Balaban J connectivity index is 2.82. The molecule has 0 saturated carbocycles. The Morgan fingerprint density at radius 2 is 2.00 bits per heavy atom. The van der Waals surface area contributed by atoms with Gasteiger partial charge >= 0.3 is 0 Å². The molecule has 0 amide bonds. The molecule has 2 atom stereocenters. The summed E-state index contributed by atoms with van der Waals surface area (Å²) in [5, 5.41) is 4.38. The first-order valence-electron chi connectivity index (χ1n) is 5.90. The maximum Gasteiger partial charge on any atom is 0.0363 e. The summed E-state index contributed by atoms with van der Waals surface area (Å²) in [4.78, 5) is 0. The van der Waals surface area contributed by atoms with Crippen LogP contribution in [0.15, 0.2) is 24.6 Å². The van der Waals surface area contributed by atoms with Crippen molar-refractivity contribution in [1.29, 1.82) is 0 Å². The monoisotopic (exact) mass is 208 g/mol. The predicted octanol–water partition coefficient (Wildman–Crippen LogP) is 3.25. The van der Waals surface area contributed by atoms with Crippen molar-refractivity contribution < 1.29 is 0 Å². The van der Waals surface area contributed by atoms with Crippen LogP contribution in [0.2, 0.25) is 0 Å². The first kappa shape index (κ1) is 12.2. The van der Waals surface area contributed by atoms with Gasteiger partial charge in [0.2, 0.25) is 0 Å². The zero-order valence-corrected chi connectivity index (χ0v) is 10.6. The minimum absolute atomic E-state index is 0.565. The molecule has 1 heterocycles. The molecule has 1 rings (SSSR count). The lowest BCUT2D eigenvalue weighted by Gasteiger charge is -2.46. The van der Waals surface area contributed by atoms with Gasteiger partial charge in [0.15, 0.2) is 0 Å². The Kier molecular flexibility index (Phi) is 3.83. The van der Waals surface area contributed by atoms with Crippen LogP contribution in [0.5, 0.6) is 0 Å². The van der Waals surface area contributed by atoms with E-state index in [0.717, 1.165) is 13.0 Å². The Labute approximate surface area is 94.2 Å². The molecule has 1 saturated heterocycles. The second-order valence-corrected chi connectivity index (χ2v) is 4.49. The van der Waals surface area contributed by atoms with Crippen molar-refractivity contribution in [2.75, 3.05) is 13.6 Å². The zero-order chi connectivity index (χ0) is 11.6. The minimum Gasteiger partial charge on any atom is -0.293 e. The summed E-state index contributed by atoms with van der Waals surface area (Å²) in [6.45, 7) is 16.1. The molecule has 86 valence electrons. The van der Waals surface area contributed by atoms with Gasteiger partial charge in [-0.3, -0.25) is 10.0 Å².